The first kappa shape index (κ1) is 17.9. The average Bonchev–Trinajstić information content (AvgIpc) is 2.64. The Morgan fingerprint density at radius 3 is 2.69 bits per heavy atom. The van der Waals surface area contributed by atoms with Gasteiger partial charge in [0.25, 0.3) is 5.91 Å². The van der Waals surface area contributed by atoms with E-state index in [0.717, 1.165) is 0 Å². The van der Waals surface area contributed by atoms with Crippen LogP contribution in [0.5, 0.6) is 0 Å². The summed E-state index contributed by atoms with van der Waals surface area (Å²) in [7, 11) is 0. The average molecular weight is 370 g/mol. The molecule has 1 aromatic heterocycles. The van der Waals surface area contributed by atoms with Crippen molar-refractivity contribution in [3.05, 3.63) is 89.0 Å². The highest BCUT2D eigenvalue weighted by Crippen LogP contribution is 2.17. The molecule has 0 aliphatic carbocycles. The fourth-order valence-electron chi connectivity index (χ4n) is 2.47. The van der Waals surface area contributed by atoms with Crippen molar-refractivity contribution in [3.63, 3.8) is 0 Å². The number of carbonyl (C=O) groups excluding carboxylic acids is 1. The second-order valence-electron chi connectivity index (χ2n) is 5.69. The van der Waals surface area contributed by atoms with Crippen LogP contribution in [0, 0.1) is 5.82 Å². The van der Waals surface area contributed by atoms with Crippen molar-refractivity contribution in [2.24, 2.45) is 0 Å². The van der Waals surface area contributed by atoms with Crippen LogP contribution < -0.4 is 10.6 Å². The first-order valence-electron chi connectivity index (χ1n) is 8.11. The minimum Gasteiger partial charge on any atom is -0.383 e. The standard InChI is InChI=1S/C20H17ClFN3O/c21-16-5-3-6-17(11-16)25-20(26)15-10-18(13-23-12-15)24-9-8-14-4-1-2-7-19(14)22/h1-7,10-13,24H,8-9H2,(H,25,26). The molecular formula is C20H17ClFN3O. The maximum absolute atomic E-state index is 13.6. The van der Waals surface area contributed by atoms with Gasteiger partial charge in [0.15, 0.2) is 0 Å². The molecule has 0 aliphatic heterocycles. The van der Waals surface area contributed by atoms with E-state index >= 15 is 0 Å². The summed E-state index contributed by atoms with van der Waals surface area (Å²) < 4.78 is 13.6. The van der Waals surface area contributed by atoms with Crippen LogP contribution in [-0.2, 0) is 6.42 Å². The molecule has 0 saturated heterocycles. The quantitative estimate of drug-likeness (QED) is 0.657. The summed E-state index contributed by atoms with van der Waals surface area (Å²) in [5.41, 5.74) is 2.36. The molecule has 1 amide bonds. The second kappa shape index (κ2) is 8.45. The monoisotopic (exact) mass is 369 g/mol. The van der Waals surface area contributed by atoms with E-state index in [9.17, 15) is 9.18 Å². The van der Waals surface area contributed by atoms with E-state index in [2.05, 4.69) is 15.6 Å². The zero-order chi connectivity index (χ0) is 18.4. The number of halogens is 2. The summed E-state index contributed by atoms with van der Waals surface area (Å²) in [6, 6.07) is 15.3. The van der Waals surface area contributed by atoms with Crippen molar-refractivity contribution in [2.45, 2.75) is 6.42 Å². The van der Waals surface area contributed by atoms with Crippen LogP contribution in [0.3, 0.4) is 0 Å². The zero-order valence-corrected chi connectivity index (χ0v) is 14.6. The summed E-state index contributed by atoms with van der Waals surface area (Å²) in [5.74, 6) is -0.500. The van der Waals surface area contributed by atoms with Crippen LogP contribution in [0.15, 0.2) is 67.0 Å². The normalized spacial score (nSPS) is 10.4. The summed E-state index contributed by atoms with van der Waals surface area (Å²) >= 11 is 5.92. The number of nitrogens with zero attached hydrogens (tertiary/aromatic N) is 1. The van der Waals surface area contributed by atoms with Gasteiger partial charge >= 0.3 is 0 Å². The lowest BCUT2D eigenvalue weighted by Crippen LogP contribution is -2.13. The van der Waals surface area contributed by atoms with Crippen molar-refractivity contribution in [1.82, 2.24) is 4.98 Å². The molecule has 0 radical (unpaired) electrons. The van der Waals surface area contributed by atoms with Gasteiger partial charge in [0.2, 0.25) is 0 Å². The highest BCUT2D eigenvalue weighted by molar-refractivity contribution is 6.30. The maximum Gasteiger partial charge on any atom is 0.257 e. The van der Waals surface area contributed by atoms with Gasteiger partial charge in [0.1, 0.15) is 5.82 Å². The van der Waals surface area contributed by atoms with Crippen LogP contribution in [0.1, 0.15) is 15.9 Å². The number of aromatic nitrogens is 1. The molecule has 6 heteroatoms. The molecule has 0 aliphatic rings. The second-order valence-corrected chi connectivity index (χ2v) is 6.13. The van der Waals surface area contributed by atoms with E-state index in [-0.39, 0.29) is 11.7 Å². The predicted molar refractivity (Wildman–Crippen MR) is 102 cm³/mol. The number of anilines is 2. The molecule has 3 rings (SSSR count). The van der Waals surface area contributed by atoms with Crippen LogP contribution in [0.25, 0.3) is 0 Å². The third-order valence-corrected chi connectivity index (χ3v) is 4.00. The molecule has 0 fully saturated rings. The van der Waals surface area contributed by atoms with E-state index in [1.54, 1.807) is 54.7 Å². The van der Waals surface area contributed by atoms with E-state index in [1.165, 1.54) is 12.3 Å². The number of carbonyl (C=O) groups is 1. The summed E-state index contributed by atoms with van der Waals surface area (Å²) in [6.07, 6.45) is 3.64. The SMILES string of the molecule is O=C(Nc1cccc(Cl)c1)c1cncc(NCCc2ccccc2F)c1. The van der Waals surface area contributed by atoms with Gasteiger partial charge in [-0.1, -0.05) is 35.9 Å². The molecule has 0 atom stereocenters. The summed E-state index contributed by atoms with van der Waals surface area (Å²) in [5, 5.41) is 6.48. The Hall–Kier alpha value is -2.92. The number of rotatable bonds is 6. The maximum atomic E-state index is 13.6. The predicted octanol–water partition coefficient (Wildman–Crippen LogP) is 4.78. The summed E-state index contributed by atoms with van der Waals surface area (Å²) in [4.78, 5) is 16.4. The molecular weight excluding hydrogens is 353 g/mol. The molecule has 3 aromatic rings. The van der Waals surface area contributed by atoms with E-state index in [4.69, 9.17) is 11.6 Å². The molecule has 0 unspecified atom stereocenters. The topological polar surface area (TPSA) is 54.0 Å². The molecule has 0 saturated carbocycles. The Kier molecular flexibility index (Phi) is 5.81. The molecule has 4 nitrogen and oxygen atoms in total. The van der Waals surface area contributed by atoms with Crippen molar-refractivity contribution < 1.29 is 9.18 Å². The van der Waals surface area contributed by atoms with Gasteiger partial charge in [-0.15, -0.1) is 0 Å². The lowest BCUT2D eigenvalue weighted by atomic mass is 10.1. The molecule has 2 aromatic carbocycles. The largest absolute Gasteiger partial charge is 0.383 e. The molecule has 1 heterocycles. The molecule has 0 spiro atoms. The Morgan fingerprint density at radius 1 is 1.04 bits per heavy atom. The fourth-order valence-corrected chi connectivity index (χ4v) is 2.66. The first-order valence-corrected chi connectivity index (χ1v) is 8.49. The Morgan fingerprint density at radius 2 is 1.88 bits per heavy atom. The number of pyridine rings is 1. The van der Waals surface area contributed by atoms with E-state index in [1.807, 2.05) is 0 Å². The minimum atomic E-state index is -0.280. The number of hydrogen-bond acceptors (Lipinski definition) is 3. The Bertz CT molecular complexity index is 917. The van der Waals surface area contributed by atoms with Crippen molar-refractivity contribution in [3.8, 4) is 0 Å². The van der Waals surface area contributed by atoms with Crippen LogP contribution in [-0.4, -0.2) is 17.4 Å². The van der Waals surface area contributed by atoms with Crippen molar-refractivity contribution in [1.29, 1.82) is 0 Å². The first-order chi connectivity index (χ1) is 12.6. The van der Waals surface area contributed by atoms with E-state index in [0.29, 0.717) is 40.5 Å². The highest BCUT2D eigenvalue weighted by atomic mass is 35.5. The molecule has 0 bridgehead atoms. The van der Waals surface area contributed by atoms with Gasteiger partial charge in [-0.05, 0) is 42.3 Å². The smallest absolute Gasteiger partial charge is 0.257 e. The van der Waals surface area contributed by atoms with Gasteiger partial charge in [-0.25, -0.2) is 4.39 Å². The van der Waals surface area contributed by atoms with Gasteiger partial charge < -0.3 is 10.6 Å². The zero-order valence-electron chi connectivity index (χ0n) is 13.9. The van der Waals surface area contributed by atoms with Crippen LogP contribution >= 0.6 is 11.6 Å². The summed E-state index contributed by atoms with van der Waals surface area (Å²) in [6.45, 7) is 0.530. The van der Waals surface area contributed by atoms with Crippen LogP contribution in [0.2, 0.25) is 5.02 Å². The highest BCUT2D eigenvalue weighted by Gasteiger charge is 2.08. The fraction of sp³-hybridized carbons (Fsp3) is 0.100. The van der Waals surface area contributed by atoms with Crippen molar-refractivity contribution in [2.75, 3.05) is 17.2 Å². The third-order valence-electron chi connectivity index (χ3n) is 3.76. The van der Waals surface area contributed by atoms with Crippen molar-refractivity contribution >= 4 is 28.9 Å². The van der Waals surface area contributed by atoms with Gasteiger partial charge in [-0.2, -0.15) is 0 Å². The third kappa shape index (κ3) is 4.80. The van der Waals surface area contributed by atoms with Gasteiger partial charge in [0, 0.05) is 29.6 Å². The molecule has 26 heavy (non-hydrogen) atoms. The molecule has 2 N–H and O–H groups in total. The Labute approximate surface area is 156 Å². The minimum absolute atomic E-state index is 0.220. The lowest BCUT2D eigenvalue weighted by Gasteiger charge is -2.09. The van der Waals surface area contributed by atoms with Gasteiger partial charge in [-0.3, -0.25) is 9.78 Å². The molecule has 132 valence electrons. The number of nitrogens with one attached hydrogen (secondary N) is 2. The number of hydrogen-bond donors (Lipinski definition) is 2. The van der Waals surface area contributed by atoms with E-state index < -0.39 is 0 Å². The number of benzene rings is 2. The van der Waals surface area contributed by atoms with Crippen LogP contribution in [0.4, 0.5) is 15.8 Å². The number of amides is 1. The Balaban J connectivity index is 1.60. The lowest BCUT2D eigenvalue weighted by molar-refractivity contribution is 0.102. The van der Waals surface area contributed by atoms with Gasteiger partial charge in [0.05, 0.1) is 11.3 Å².